The molecular formula is C25H23F3N4O2S. The summed E-state index contributed by atoms with van der Waals surface area (Å²) in [6.45, 7) is 1.89. The molecule has 0 spiro atoms. The first-order valence-corrected chi connectivity index (χ1v) is 12.0. The zero-order valence-electron chi connectivity index (χ0n) is 19.0. The van der Waals surface area contributed by atoms with Crippen molar-refractivity contribution in [1.82, 2.24) is 14.3 Å². The van der Waals surface area contributed by atoms with E-state index in [4.69, 9.17) is 4.74 Å². The summed E-state index contributed by atoms with van der Waals surface area (Å²) >= 11 is 1.48. The third-order valence-electron chi connectivity index (χ3n) is 6.15. The zero-order chi connectivity index (χ0) is 24.6. The zero-order valence-corrected chi connectivity index (χ0v) is 19.8. The third-order valence-corrected chi connectivity index (χ3v) is 7.04. The molecule has 1 aliphatic heterocycles. The van der Waals surface area contributed by atoms with E-state index in [1.54, 1.807) is 18.1 Å². The van der Waals surface area contributed by atoms with Crippen LogP contribution in [0.5, 0.6) is 5.75 Å². The van der Waals surface area contributed by atoms with Gasteiger partial charge in [0, 0.05) is 54.7 Å². The number of hydrogen-bond acceptors (Lipinski definition) is 5. The van der Waals surface area contributed by atoms with E-state index in [1.807, 2.05) is 45.1 Å². The summed E-state index contributed by atoms with van der Waals surface area (Å²) in [5.41, 5.74) is 2.46. The Hall–Kier alpha value is -3.53. The molecule has 3 heterocycles. The van der Waals surface area contributed by atoms with Gasteiger partial charge in [-0.25, -0.2) is 4.98 Å². The van der Waals surface area contributed by atoms with E-state index in [-0.39, 0.29) is 12.3 Å². The summed E-state index contributed by atoms with van der Waals surface area (Å²) < 4.78 is 46.4. The van der Waals surface area contributed by atoms with Crippen molar-refractivity contribution in [1.29, 1.82) is 0 Å². The Bertz CT molecular complexity index is 1360. The monoisotopic (exact) mass is 500 g/mol. The average Bonchev–Trinajstić information content (AvgIpc) is 3.46. The normalized spacial score (nSPS) is 14.5. The van der Waals surface area contributed by atoms with E-state index in [0.717, 1.165) is 33.7 Å². The minimum atomic E-state index is -4.38. The number of hydrogen-bond donors (Lipinski definition) is 0. The van der Waals surface area contributed by atoms with E-state index < -0.39 is 11.7 Å². The van der Waals surface area contributed by atoms with Crippen molar-refractivity contribution in [2.24, 2.45) is 0 Å². The van der Waals surface area contributed by atoms with E-state index in [9.17, 15) is 18.0 Å². The number of carbonyl (C=O) groups is 1. The van der Waals surface area contributed by atoms with Gasteiger partial charge in [-0.1, -0.05) is 18.2 Å². The summed E-state index contributed by atoms with van der Waals surface area (Å²) in [5, 5.41) is 1.94. The number of anilines is 1. The van der Waals surface area contributed by atoms with Crippen molar-refractivity contribution >= 4 is 27.9 Å². The first-order valence-electron chi connectivity index (χ1n) is 11.1. The van der Waals surface area contributed by atoms with Gasteiger partial charge in [0.1, 0.15) is 5.75 Å². The molecule has 0 saturated carbocycles. The molecule has 0 bridgehead atoms. The van der Waals surface area contributed by atoms with Crippen LogP contribution in [0.3, 0.4) is 0 Å². The van der Waals surface area contributed by atoms with Crippen molar-refractivity contribution in [3.05, 3.63) is 71.4 Å². The van der Waals surface area contributed by atoms with Crippen LogP contribution in [0, 0.1) is 0 Å². The maximum absolute atomic E-state index is 13.0. The number of amides is 1. The molecule has 1 fully saturated rings. The van der Waals surface area contributed by atoms with Gasteiger partial charge in [-0.3, -0.25) is 9.20 Å². The lowest BCUT2D eigenvalue weighted by atomic mass is 10.1. The molecule has 182 valence electrons. The number of imidazole rings is 1. The highest BCUT2D eigenvalue weighted by molar-refractivity contribution is 7.15. The highest BCUT2D eigenvalue weighted by Gasteiger charge is 2.31. The van der Waals surface area contributed by atoms with Gasteiger partial charge in [-0.15, -0.1) is 11.3 Å². The van der Waals surface area contributed by atoms with E-state index in [0.29, 0.717) is 31.9 Å². The molecule has 1 aliphatic rings. The lowest BCUT2D eigenvalue weighted by molar-refractivity contribution is -0.137. The number of nitrogens with zero attached hydrogens (tertiary/aromatic N) is 4. The van der Waals surface area contributed by atoms with Gasteiger partial charge in [0.2, 0.25) is 5.91 Å². The first-order chi connectivity index (χ1) is 16.8. The Balaban J connectivity index is 1.25. The minimum absolute atomic E-state index is 0.00924. The second-order valence-corrected chi connectivity index (χ2v) is 9.17. The van der Waals surface area contributed by atoms with Crippen LogP contribution in [0.2, 0.25) is 0 Å². The molecule has 0 radical (unpaired) electrons. The summed E-state index contributed by atoms with van der Waals surface area (Å²) in [7, 11) is 1.62. The molecule has 0 atom stereocenters. The number of piperazine rings is 1. The lowest BCUT2D eigenvalue weighted by Crippen LogP contribution is -2.49. The van der Waals surface area contributed by atoms with Gasteiger partial charge in [-0.05, 0) is 30.3 Å². The van der Waals surface area contributed by atoms with E-state index in [2.05, 4.69) is 4.98 Å². The maximum Gasteiger partial charge on any atom is 0.416 e. The number of benzene rings is 2. The summed E-state index contributed by atoms with van der Waals surface area (Å²) in [6.07, 6.45) is -2.22. The van der Waals surface area contributed by atoms with Gasteiger partial charge in [0.15, 0.2) is 4.96 Å². The largest absolute Gasteiger partial charge is 0.497 e. The number of fused-ring (bicyclic) bond motifs is 1. The minimum Gasteiger partial charge on any atom is -0.497 e. The fourth-order valence-corrected chi connectivity index (χ4v) is 5.11. The van der Waals surface area contributed by atoms with Crippen LogP contribution in [0.4, 0.5) is 18.9 Å². The van der Waals surface area contributed by atoms with Crippen LogP contribution < -0.4 is 9.64 Å². The number of halogens is 3. The Kier molecular flexibility index (Phi) is 6.14. The Morgan fingerprint density at radius 1 is 1.09 bits per heavy atom. The molecule has 35 heavy (non-hydrogen) atoms. The van der Waals surface area contributed by atoms with Crippen LogP contribution in [0.15, 0.2) is 60.1 Å². The van der Waals surface area contributed by atoms with Crippen LogP contribution in [-0.2, 0) is 17.4 Å². The molecule has 0 aliphatic carbocycles. The number of methoxy groups -OCH3 is 1. The summed E-state index contributed by atoms with van der Waals surface area (Å²) in [4.78, 5) is 22.2. The lowest BCUT2D eigenvalue weighted by Gasteiger charge is -2.36. The molecule has 10 heteroatoms. The Labute approximate surface area is 204 Å². The smallest absolute Gasteiger partial charge is 0.416 e. The van der Waals surface area contributed by atoms with Gasteiger partial charge in [0.05, 0.1) is 24.8 Å². The highest BCUT2D eigenvalue weighted by atomic mass is 32.1. The van der Waals surface area contributed by atoms with Gasteiger partial charge in [0.25, 0.3) is 0 Å². The van der Waals surface area contributed by atoms with Crippen LogP contribution in [-0.4, -0.2) is 53.5 Å². The molecule has 5 rings (SSSR count). The number of rotatable bonds is 5. The van der Waals surface area contributed by atoms with Gasteiger partial charge in [-0.2, -0.15) is 13.2 Å². The van der Waals surface area contributed by atoms with Gasteiger partial charge < -0.3 is 14.5 Å². The van der Waals surface area contributed by atoms with Crippen molar-refractivity contribution in [3.63, 3.8) is 0 Å². The quantitative estimate of drug-likeness (QED) is 0.388. The molecular weight excluding hydrogens is 477 g/mol. The second kappa shape index (κ2) is 9.26. The van der Waals surface area contributed by atoms with E-state index in [1.165, 1.54) is 23.5 Å². The maximum atomic E-state index is 13.0. The number of aromatic nitrogens is 2. The number of alkyl halides is 3. The number of carbonyl (C=O) groups excluding carboxylic acids is 1. The summed E-state index contributed by atoms with van der Waals surface area (Å²) in [6, 6.07) is 13.0. The molecule has 0 N–H and O–H groups in total. The summed E-state index contributed by atoms with van der Waals surface area (Å²) in [5.74, 6) is 0.739. The number of thiazole rings is 1. The molecule has 6 nitrogen and oxygen atoms in total. The topological polar surface area (TPSA) is 50.1 Å². The predicted molar refractivity (Wildman–Crippen MR) is 129 cm³/mol. The third kappa shape index (κ3) is 4.84. The Morgan fingerprint density at radius 2 is 1.86 bits per heavy atom. The van der Waals surface area contributed by atoms with Crippen molar-refractivity contribution in [2.75, 3.05) is 38.2 Å². The van der Waals surface area contributed by atoms with Gasteiger partial charge >= 0.3 is 6.18 Å². The standard InChI is InChI=1S/C25H23F3N4O2S/c1-34-21-7-2-4-17(12-21)22-15-32-20(16-35-24(32)29-22)14-23(33)31-10-8-30(9-11-31)19-6-3-5-18(13-19)25(26,27)28/h2-7,12-13,15-16H,8-11,14H2,1H3. The average molecular weight is 501 g/mol. The molecule has 1 amide bonds. The van der Waals surface area contributed by atoms with Crippen LogP contribution >= 0.6 is 11.3 Å². The van der Waals surface area contributed by atoms with Crippen LogP contribution in [0.25, 0.3) is 16.2 Å². The molecule has 2 aromatic carbocycles. The molecule has 1 saturated heterocycles. The SMILES string of the molecule is COc1cccc(-c2cn3c(CC(=O)N4CCN(c5cccc(C(F)(F)F)c5)CC4)csc3n2)c1. The molecule has 4 aromatic rings. The number of ether oxygens (including phenoxy) is 1. The fraction of sp³-hybridized carbons (Fsp3) is 0.280. The predicted octanol–water partition coefficient (Wildman–Crippen LogP) is 4.98. The Morgan fingerprint density at radius 3 is 2.60 bits per heavy atom. The fourth-order valence-electron chi connectivity index (χ4n) is 4.24. The first kappa shape index (κ1) is 23.2. The molecule has 2 aromatic heterocycles. The van der Waals surface area contributed by atoms with Crippen molar-refractivity contribution < 1.29 is 22.7 Å². The van der Waals surface area contributed by atoms with Crippen LogP contribution in [0.1, 0.15) is 11.3 Å². The second-order valence-electron chi connectivity index (χ2n) is 8.33. The van der Waals surface area contributed by atoms with Crippen molar-refractivity contribution in [2.45, 2.75) is 12.6 Å². The van der Waals surface area contributed by atoms with E-state index >= 15 is 0 Å². The molecule has 0 unspecified atom stereocenters. The van der Waals surface area contributed by atoms with Crippen molar-refractivity contribution in [3.8, 4) is 17.0 Å². The highest BCUT2D eigenvalue weighted by Crippen LogP contribution is 2.32.